The molecule has 6 nitrogen and oxygen atoms in total. The van der Waals surface area contributed by atoms with Crippen LogP contribution >= 0.6 is 11.6 Å². The normalized spacial score (nSPS) is 20.7. The van der Waals surface area contributed by atoms with Crippen LogP contribution in [0.1, 0.15) is 53.6 Å². The number of amides is 2. The molecular weight excluding hydrogens is 508 g/mol. The summed E-state index contributed by atoms with van der Waals surface area (Å²) in [6.07, 6.45) is 5.29. The van der Waals surface area contributed by atoms with E-state index in [-0.39, 0.29) is 23.9 Å². The number of nitrogens with zero attached hydrogens (tertiary/aromatic N) is 2. The average Bonchev–Trinajstić information content (AvgIpc) is 3.08. The van der Waals surface area contributed by atoms with Crippen LogP contribution in [0.15, 0.2) is 60.7 Å². The highest BCUT2D eigenvalue weighted by Crippen LogP contribution is 2.20. The highest BCUT2D eigenvalue weighted by atomic mass is 35.5. The van der Waals surface area contributed by atoms with Gasteiger partial charge in [0, 0.05) is 42.8 Å². The van der Waals surface area contributed by atoms with E-state index in [1.165, 1.54) is 19.3 Å². The maximum Gasteiger partial charge on any atom is 0.251 e. The summed E-state index contributed by atoms with van der Waals surface area (Å²) in [4.78, 5) is 31.2. The largest absolute Gasteiger partial charge is 0.350 e. The Kier molecular flexibility index (Phi) is 9.17. The van der Waals surface area contributed by atoms with Crippen molar-refractivity contribution in [3.63, 3.8) is 0 Å². The van der Waals surface area contributed by atoms with Gasteiger partial charge in [0.25, 0.3) is 5.91 Å². The summed E-state index contributed by atoms with van der Waals surface area (Å²) in [5, 5.41) is 9.60. The number of hydrogen-bond acceptors (Lipinski definition) is 4. The first kappa shape index (κ1) is 27.6. The lowest BCUT2D eigenvalue weighted by Crippen LogP contribution is -2.50. The van der Waals surface area contributed by atoms with Gasteiger partial charge in [-0.15, -0.1) is 0 Å². The molecule has 2 fully saturated rings. The lowest BCUT2D eigenvalue weighted by atomic mass is 10.1. The van der Waals surface area contributed by atoms with Crippen molar-refractivity contribution in [1.82, 2.24) is 20.4 Å². The molecule has 3 aromatic rings. The zero-order chi connectivity index (χ0) is 27.2. The van der Waals surface area contributed by atoms with Gasteiger partial charge >= 0.3 is 0 Å². The molecule has 0 bridgehead atoms. The number of rotatable bonds is 8. The van der Waals surface area contributed by atoms with Gasteiger partial charge in [-0.1, -0.05) is 54.4 Å². The molecule has 206 valence electrons. The fourth-order valence-corrected chi connectivity index (χ4v) is 6.19. The minimum Gasteiger partial charge on any atom is -0.350 e. The number of halogens is 1. The number of piperidine rings is 1. The lowest BCUT2D eigenvalue weighted by Gasteiger charge is -2.30. The predicted molar refractivity (Wildman–Crippen MR) is 158 cm³/mol. The lowest BCUT2D eigenvalue weighted by molar-refractivity contribution is -0.133. The zero-order valence-corrected chi connectivity index (χ0v) is 23.6. The van der Waals surface area contributed by atoms with E-state index >= 15 is 0 Å². The van der Waals surface area contributed by atoms with Crippen molar-refractivity contribution < 1.29 is 9.59 Å². The summed E-state index contributed by atoms with van der Waals surface area (Å²) < 4.78 is 0. The molecule has 0 radical (unpaired) electrons. The Labute approximate surface area is 236 Å². The number of carbonyl (C=O) groups excluding carboxylic acids is 2. The van der Waals surface area contributed by atoms with Gasteiger partial charge < -0.3 is 20.4 Å². The number of benzene rings is 3. The molecule has 3 aromatic carbocycles. The first-order valence-corrected chi connectivity index (χ1v) is 14.6. The number of likely N-dealkylation sites (tertiary alicyclic amines) is 1. The van der Waals surface area contributed by atoms with E-state index < -0.39 is 0 Å². The van der Waals surface area contributed by atoms with Crippen LogP contribution in [-0.2, 0) is 11.3 Å². The van der Waals surface area contributed by atoms with Gasteiger partial charge in [-0.25, -0.2) is 0 Å². The van der Waals surface area contributed by atoms with Gasteiger partial charge in [0.2, 0.25) is 5.91 Å². The van der Waals surface area contributed by atoms with Crippen molar-refractivity contribution >= 4 is 34.2 Å². The third-order valence-electron chi connectivity index (χ3n) is 7.97. The van der Waals surface area contributed by atoms with Gasteiger partial charge in [0.05, 0.1) is 6.04 Å². The average molecular weight is 547 g/mol. The van der Waals surface area contributed by atoms with Crippen LogP contribution in [0.3, 0.4) is 0 Å². The van der Waals surface area contributed by atoms with E-state index in [0.717, 1.165) is 54.4 Å². The maximum absolute atomic E-state index is 13.7. The first-order valence-electron chi connectivity index (χ1n) is 14.2. The van der Waals surface area contributed by atoms with Gasteiger partial charge in [0.1, 0.15) is 0 Å². The van der Waals surface area contributed by atoms with Crippen LogP contribution in [0.25, 0.3) is 10.8 Å². The minimum atomic E-state index is -0.280. The molecular formula is C32H39ClN4O2. The fraction of sp³-hybridized carbons (Fsp3) is 0.438. The number of nitrogens with one attached hydrogen (secondary N) is 2. The van der Waals surface area contributed by atoms with E-state index in [1.807, 2.05) is 66.4 Å². The van der Waals surface area contributed by atoms with Crippen molar-refractivity contribution in [3.05, 3.63) is 82.4 Å². The topological polar surface area (TPSA) is 64.7 Å². The molecule has 2 aliphatic heterocycles. The molecule has 0 aliphatic carbocycles. The summed E-state index contributed by atoms with van der Waals surface area (Å²) in [6, 6.07) is 19.6. The van der Waals surface area contributed by atoms with Crippen molar-refractivity contribution in [1.29, 1.82) is 0 Å². The van der Waals surface area contributed by atoms with Crippen molar-refractivity contribution in [2.75, 3.05) is 32.7 Å². The Morgan fingerprint density at radius 2 is 1.79 bits per heavy atom. The summed E-state index contributed by atoms with van der Waals surface area (Å²) in [6.45, 7) is 6.80. The third kappa shape index (κ3) is 7.38. The molecule has 2 aliphatic rings. The third-order valence-corrected chi connectivity index (χ3v) is 8.19. The zero-order valence-electron chi connectivity index (χ0n) is 22.8. The molecule has 2 saturated heterocycles. The van der Waals surface area contributed by atoms with E-state index in [0.29, 0.717) is 30.2 Å². The minimum absolute atomic E-state index is 0.0100. The Hall–Kier alpha value is -2.93. The quantitative estimate of drug-likeness (QED) is 0.409. The standard InChI is InChI=1S/C32H39ClN4O2/c1-23-17-24(19-28(33)18-23)22-37-16-11-29(35-30(32(37)39)12-15-36-13-5-2-6-14-36)21-34-31(38)27-10-9-25-7-3-4-8-26(25)20-27/h3-4,7-10,17-20,29-30,35H,2,5-6,11-16,21-22H2,1H3,(H,34,38). The summed E-state index contributed by atoms with van der Waals surface area (Å²) in [5.74, 6) is 0.0437. The molecule has 39 heavy (non-hydrogen) atoms. The molecule has 5 rings (SSSR count). The smallest absolute Gasteiger partial charge is 0.251 e. The van der Waals surface area contributed by atoms with E-state index in [9.17, 15) is 9.59 Å². The molecule has 0 aromatic heterocycles. The predicted octanol–water partition coefficient (Wildman–Crippen LogP) is 5.17. The van der Waals surface area contributed by atoms with Crippen LogP contribution in [0, 0.1) is 6.92 Å². The highest BCUT2D eigenvalue weighted by molar-refractivity contribution is 6.30. The van der Waals surface area contributed by atoms with Gasteiger partial charge in [-0.05, 0) is 91.9 Å². The van der Waals surface area contributed by atoms with E-state index in [2.05, 4.69) is 21.6 Å². The van der Waals surface area contributed by atoms with Gasteiger partial charge in [0.15, 0.2) is 0 Å². The van der Waals surface area contributed by atoms with Crippen LogP contribution in [-0.4, -0.2) is 66.4 Å². The second-order valence-corrected chi connectivity index (χ2v) is 11.5. The molecule has 2 heterocycles. The molecule has 0 saturated carbocycles. The second-order valence-electron chi connectivity index (χ2n) is 11.1. The van der Waals surface area contributed by atoms with Crippen molar-refractivity contribution in [2.24, 2.45) is 0 Å². The first-order chi connectivity index (χ1) is 18.9. The second kappa shape index (κ2) is 12.9. The number of fused-ring (bicyclic) bond motifs is 1. The molecule has 2 atom stereocenters. The van der Waals surface area contributed by atoms with E-state index in [4.69, 9.17) is 11.6 Å². The Balaban J connectivity index is 1.26. The van der Waals surface area contributed by atoms with Gasteiger partial charge in [-0.3, -0.25) is 9.59 Å². The monoisotopic (exact) mass is 546 g/mol. The SMILES string of the molecule is Cc1cc(Cl)cc(CN2CCC(CNC(=O)c3ccc4ccccc4c3)NC(CCN3CCCCC3)C2=O)c1. The fourth-order valence-electron chi connectivity index (χ4n) is 5.87. The summed E-state index contributed by atoms with van der Waals surface area (Å²) >= 11 is 6.32. The van der Waals surface area contributed by atoms with Crippen LogP contribution < -0.4 is 10.6 Å². The number of carbonyl (C=O) groups is 2. The Morgan fingerprint density at radius 3 is 2.59 bits per heavy atom. The molecule has 2 amide bonds. The van der Waals surface area contributed by atoms with Crippen molar-refractivity contribution in [3.8, 4) is 0 Å². The molecule has 2 unspecified atom stereocenters. The van der Waals surface area contributed by atoms with E-state index in [1.54, 1.807) is 0 Å². The highest BCUT2D eigenvalue weighted by Gasteiger charge is 2.31. The number of hydrogen-bond donors (Lipinski definition) is 2. The molecule has 7 heteroatoms. The van der Waals surface area contributed by atoms with Crippen LogP contribution in [0.4, 0.5) is 0 Å². The molecule has 0 spiro atoms. The number of aryl methyl sites for hydroxylation is 1. The summed E-state index contributed by atoms with van der Waals surface area (Å²) in [7, 11) is 0. The summed E-state index contributed by atoms with van der Waals surface area (Å²) in [5.41, 5.74) is 2.79. The maximum atomic E-state index is 13.7. The van der Waals surface area contributed by atoms with Crippen LogP contribution in [0.5, 0.6) is 0 Å². The Morgan fingerprint density at radius 1 is 1.00 bits per heavy atom. The van der Waals surface area contributed by atoms with Crippen LogP contribution in [0.2, 0.25) is 5.02 Å². The van der Waals surface area contributed by atoms with Gasteiger partial charge in [-0.2, -0.15) is 0 Å². The Bertz CT molecular complexity index is 1290. The molecule has 2 N–H and O–H groups in total. The van der Waals surface area contributed by atoms with Crippen molar-refractivity contribution in [2.45, 2.75) is 57.7 Å².